The second-order valence-electron chi connectivity index (χ2n) is 2.87. The van der Waals surface area contributed by atoms with Gasteiger partial charge >= 0.3 is 0 Å². The van der Waals surface area contributed by atoms with Crippen LogP contribution in [0.4, 0.5) is 5.69 Å². The summed E-state index contributed by atoms with van der Waals surface area (Å²) in [7, 11) is 0. The van der Waals surface area contributed by atoms with Gasteiger partial charge in [-0.25, -0.2) is 4.98 Å². The largest absolute Gasteiger partial charge is 0.468 e. The first-order chi connectivity index (χ1) is 6.75. The molecular formula is C10H10N2OS. The summed E-state index contributed by atoms with van der Waals surface area (Å²) in [6.45, 7) is 1.93. The molecule has 0 aliphatic heterocycles. The maximum atomic E-state index is 5.54. The number of nitrogens with zero attached hydrogens (tertiary/aromatic N) is 1. The minimum Gasteiger partial charge on any atom is -0.468 e. The van der Waals surface area contributed by atoms with Crippen LogP contribution in [0.5, 0.6) is 0 Å². The molecule has 14 heavy (non-hydrogen) atoms. The quantitative estimate of drug-likeness (QED) is 0.820. The second kappa shape index (κ2) is 3.75. The van der Waals surface area contributed by atoms with Gasteiger partial charge in [0, 0.05) is 0 Å². The summed E-state index contributed by atoms with van der Waals surface area (Å²) >= 11 is 1.57. The molecule has 0 unspecified atom stereocenters. The molecule has 0 aliphatic rings. The summed E-state index contributed by atoms with van der Waals surface area (Å²) < 4.78 is 5.19. The summed E-state index contributed by atoms with van der Waals surface area (Å²) in [5.41, 5.74) is 6.22. The van der Waals surface area contributed by atoms with Gasteiger partial charge in [-0.1, -0.05) is 11.8 Å². The Balaban J connectivity index is 2.19. The van der Waals surface area contributed by atoms with E-state index in [0.717, 1.165) is 15.7 Å². The number of hydrogen-bond acceptors (Lipinski definition) is 4. The molecule has 0 radical (unpaired) electrons. The predicted octanol–water partition coefficient (Wildman–Crippen LogP) is 2.72. The Hall–Kier alpha value is -1.42. The van der Waals surface area contributed by atoms with E-state index in [2.05, 4.69) is 4.98 Å². The molecule has 0 amide bonds. The highest BCUT2D eigenvalue weighted by atomic mass is 32.2. The molecule has 2 N–H and O–H groups in total. The molecule has 0 atom stereocenters. The van der Waals surface area contributed by atoms with Crippen LogP contribution >= 0.6 is 11.8 Å². The predicted molar refractivity (Wildman–Crippen MR) is 56.2 cm³/mol. The highest BCUT2D eigenvalue weighted by molar-refractivity contribution is 7.99. The van der Waals surface area contributed by atoms with Crippen LogP contribution in [0.2, 0.25) is 0 Å². The Kier molecular flexibility index (Phi) is 2.45. The molecule has 2 aromatic rings. The van der Waals surface area contributed by atoms with E-state index in [4.69, 9.17) is 10.2 Å². The van der Waals surface area contributed by atoms with E-state index in [1.165, 1.54) is 0 Å². The van der Waals surface area contributed by atoms with Crippen molar-refractivity contribution in [2.24, 2.45) is 0 Å². The lowest BCUT2D eigenvalue weighted by molar-refractivity contribution is 0.527. The summed E-state index contributed by atoms with van der Waals surface area (Å²) in [5.74, 6) is 0.911. The first kappa shape index (κ1) is 9.15. The van der Waals surface area contributed by atoms with Crippen molar-refractivity contribution in [1.82, 2.24) is 4.98 Å². The fourth-order valence-corrected chi connectivity index (χ4v) is 1.83. The first-order valence-corrected chi connectivity index (χ1v) is 5.01. The van der Waals surface area contributed by atoms with Crippen molar-refractivity contribution in [2.45, 2.75) is 16.8 Å². The zero-order valence-corrected chi connectivity index (χ0v) is 8.54. The molecule has 2 aromatic heterocycles. The third kappa shape index (κ3) is 1.90. The van der Waals surface area contributed by atoms with Gasteiger partial charge in [0.25, 0.3) is 0 Å². The average Bonchev–Trinajstić information content (AvgIpc) is 2.56. The Morgan fingerprint density at radius 3 is 2.79 bits per heavy atom. The molecule has 4 heteroatoms. The van der Waals surface area contributed by atoms with Crippen molar-refractivity contribution in [3.63, 3.8) is 0 Å². The zero-order valence-electron chi connectivity index (χ0n) is 7.73. The van der Waals surface area contributed by atoms with E-state index in [1.54, 1.807) is 24.2 Å². The molecular weight excluding hydrogens is 196 g/mol. The van der Waals surface area contributed by atoms with Gasteiger partial charge in [-0.15, -0.1) is 0 Å². The van der Waals surface area contributed by atoms with Crippen molar-refractivity contribution >= 4 is 17.4 Å². The van der Waals surface area contributed by atoms with Gasteiger partial charge in [0.1, 0.15) is 10.8 Å². The molecule has 0 aliphatic carbocycles. The monoisotopic (exact) mass is 206 g/mol. The van der Waals surface area contributed by atoms with Crippen molar-refractivity contribution in [1.29, 1.82) is 0 Å². The highest BCUT2D eigenvalue weighted by Crippen LogP contribution is 2.29. The van der Waals surface area contributed by atoms with Crippen LogP contribution in [0.25, 0.3) is 0 Å². The maximum absolute atomic E-state index is 5.54. The third-order valence-electron chi connectivity index (χ3n) is 1.78. The van der Waals surface area contributed by atoms with Gasteiger partial charge in [-0.05, 0) is 25.1 Å². The minimum atomic E-state index is 0.679. The number of nitrogens with two attached hydrogens (primary N) is 1. The summed E-state index contributed by atoms with van der Waals surface area (Å²) in [6.07, 6.45) is 3.33. The van der Waals surface area contributed by atoms with Gasteiger partial charge in [0.2, 0.25) is 0 Å². The van der Waals surface area contributed by atoms with Gasteiger partial charge < -0.3 is 10.2 Å². The van der Waals surface area contributed by atoms with Crippen LogP contribution in [0.15, 0.2) is 45.0 Å². The average molecular weight is 206 g/mol. The van der Waals surface area contributed by atoms with Crippen molar-refractivity contribution in [3.8, 4) is 0 Å². The van der Waals surface area contributed by atoms with Gasteiger partial charge in [-0.2, -0.15) is 0 Å². The van der Waals surface area contributed by atoms with Crippen LogP contribution in [-0.2, 0) is 0 Å². The molecule has 0 aromatic carbocycles. The number of furan rings is 1. The molecule has 0 fully saturated rings. The molecule has 2 rings (SSSR count). The van der Waals surface area contributed by atoms with E-state index >= 15 is 0 Å². The standard InChI is InChI=1S/C10H10N2OS/c1-7-9(4-5-13-7)14-10-3-2-8(11)6-12-10/h2-6H,11H2,1H3. The van der Waals surface area contributed by atoms with Crippen molar-refractivity contribution in [2.75, 3.05) is 5.73 Å². The summed E-state index contributed by atoms with van der Waals surface area (Å²) in [5, 5.41) is 0.920. The number of aryl methyl sites for hydroxylation is 1. The SMILES string of the molecule is Cc1occc1Sc1ccc(N)cn1. The van der Waals surface area contributed by atoms with E-state index in [-0.39, 0.29) is 0 Å². The Bertz CT molecular complexity index is 422. The van der Waals surface area contributed by atoms with Crippen LogP contribution in [0.1, 0.15) is 5.76 Å². The van der Waals surface area contributed by atoms with Gasteiger partial charge in [0.05, 0.1) is 23.0 Å². The fraction of sp³-hybridized carbons (Fsp3) is 0.100. The molecule has 3 nitrogen and oxygen atoms in total. The topological polar surface area (TPSA) is 52.0 Å². The normalized spacial score (nSPS) is 10.4. The van der Waals surface area contributed by atoms with Crippen molar-refractivity contribution < 1.29 is 4.42 Å². The maximum Gasteiger partial charge on any atom is 0.114 e. The number of aromatic nitrogens is 1. The van der Waals surface area contributed by atoms with E-state index < -0.39 is 0 Å². The molecule has 0 saturated heterocycles. The summed E-state index contributed by atoms with van der Waals surface area (Å²) in [6, 6.07) is 5.66. The molecule has 0 spiro atoms. The smallest absolute Gasteiger partial charge is 0.114 e. The number of hydrogen-bond donors (Lipinski definition) is 1. The van der Waals surface area contributed by atoms with Gasteiger partial charge in [0.15, 0.2) is 0 Å². The van der Waals surface area contributed by atoms with Crippen LogP contribution in [-0.4, -0.2) is 4.98 Å². The number of anilines is 1. The molecule has 0 bridgehead atoms. The van der Waals surface area contributed by atoms with Crippen LogP contribution in [0, 0.1) is 6.92 Å². The third-order valence-corrected chi connectivity index (χ3v) is 2.88. The lowest BCUT2D eigenvalue weighted by Gasteiger charge is -1.98. The Morgan fingerprint density at radius 1 is 1.36 bits per heavy atom. The lowest BCUT2D eigenvalue weighted by atomic mass is 10.4. The number of pyridine rings is 1. The van der Waals surface area contributed by atoms with Crippen LogP contribution < -0.4 is 5.73 Å². The molecule has 2 heterocycles. The first-order valence-electron chi connectivity index (χ1n) is 4.19. The van der Waals surface area contributed by atoms with E-state index in [1.807, 2.05) is 25.1 Å². The highest BCUT2D eigenvalue weighted by Gasteiger charge is 2.03. The second-order valence-corrected chi connectivity index (χ2v) is 3.94. The Labute approximate surface area is 86.3 Å². The molecule has 72 valence electrons. The number of nitrogen functional groups attached to an aromatic ring is 1. The molecule has 0 saturated carbocycles. The zero-order chi connectivity index (χ0) is 9.97. The van der Waals surface area contributed by atoms with Crippen LogP contribution in [0.3, 0.4) is 0 Å². The fourth-order valence-electron chi connectivity index (χ4n) is 1.04. The van der Waals surface area contributed by atoms with E-state index in [0.29, 0.717) is 5.69 Å². The number of rotatable bonds is 2. The van der Waals surface area contributed by atoms with Crippen molar-refractivity contribution in [3.05, 3.63) is 36.4 Å². The van der Waals surface area contributed by atoms with Gasteiger partial charge in [-0.3, -0.25) is 0 Å². The minimum absolute atomic E-state index is 0.679. The Morgan fingerprint density at radius 2 is 2.21 bits per heavy atom. The summed E-state index contributed by atoms with van der Waals surface area (Å²) in [4.78, 5) is 5.28. The van der Waals surface area contributed by atoms with E-state index in [9.17, 15) is 0 Å². The lowest BCUT2D eigenvalue weighted by Crippen LogP contribution is -1.86.